The Balaban J connectivity index is 0.870. The molecule has 0 radical (unpaired) electrons. The maximum absolute atomic E-state index is 14.4. The quantitative estimate of drug-likeness (QED) is 0.209. The number of aromatic hydroxyl groups is 1. The first-order chi connectivity index (χ1) is 26.2. The lowest BCUT2D eigenvalue weighted by molar-refractivity contribution is -0.134. The molecule has 4 aliphatic rings. The number of thiazole rings is 1. The number of hydrogen-bond acceptors (Lipinski definition) is 10. The summed E-state index contributed by atoms with van der Waals surface area (Å²) >= 11 is 1.22. The molecule has 3 aromatic carbocycles. The second kappa shape index (κ2) is 15.3. The van der Waals surface area contributed by atoms with Crippen molar-refractivity contribution in [1.29, 1.82) is 0 Å². The summed E-state index contributed by atoms with van der Waals surface area (Å²) in [5.74, 6) is -2.53. The Morgan fingerprint density at radius 2 is 1.80 bits per heavy atom. The molecule has 54 heavy (non-hydrogen) atoms. The lowest BCUT2D eigenvalue weighted by atomic mass is 9.89. The Morgan fingerprint density at radius 3 is 2.56 bits per heavy atom. The van der Waals surface area contributed by atoms with Crippen LogP contribution in [0, 0.1) is 5.82 Å². The van der Waals surface area contributed by atoms with Crippen molar-refractivity contribution in [1.82, 2.24) is 25.0 Å². The Bertz CT molecular complexity index is 2060. The average molecular weight is 752 g/mol. The predicted octanol–water partition coefficient (Wildman–Crippen LogP) is 4.63. The third kappa shape index (κ3) is 7.46. The molecule has 3 saturated heterocycles. The van der Waals surface area contributed by atoms with Gasteiger partial charge in [-0.3, -0.25) is 39.6 Å². The van der Waals surface area contributed by atoms with Crippen molar-refractivity contribution in [3.63, 3.8) is 0 Å². The molecule has 4 amide bonds. The van der Waals surface area contributed by atoms with Gasteiger partial charge in [-0.1, -0.05) is 30.3 Å². The number of phenols is 1. The fraction of sp³-hybridized carbons (Fsp3) is 0.375. The molecule has 14 heteroatoms. The van der Waals surface area contributed by atoms with E-state index < -0.39 is 17.8 Å². The van der Waals surface area contributed by atoms with Gasteiger partial charge in [-0.25, -0.2) is 9.37 Å². The zero-order valence-electron chi connectivity index (χ0n) is 29.7. The van der Waals surface area contributed by atoms with Gasteiger partial charge < -0.3 is 14.9 Å². The molecule has 2 atom stereocenters. The number of piperazine rings is 1. The van der Waals surface area contributed by atoms with Crippen LogP contribution in [-0.2, 0) is 27.5 Å². The number of nitrogens with one attached hydrogen (secondary N) is 2. The molecule has 280 valence electrons. The van der Waals surface area contributed by atoms with Crippen LogP contribution in [0.5, 0.6) is 5.75 Å². The number of phenolic OH excluding ortho intramolecular Hbond substituents is 1. The van der Waals surface area contributed by atoms with Gasteiger partial charge in [0, 0.05) is 93.2 Å². The third-order valence-electron chi connectivity index (χ3n) is 11.2. The summed E-state index contributed by atoms with van der Waals surface area (Å²) in [6, 6.07) is 16.6. The van der Waals surface area contributed by atoms with Gasteiger partial charge in [-0.05, 0) is 66.3 Å². The van der Waals surface area contributed by atoms with Crippen LogP contribution in [-0.4, -0.2) is 93.7 Å². The number of amides is 4. The van der Waals surface area contributed by atoms with Gasteiger partial charge in [-0.15, -0.1) is 11.3 Å². The Morgan fingerprint density at radius 1 is 0.981 bits per heavy atom. The van der Waals surface area contributed by atoms with E-state index in [4.69, 9.17) is 0 Å². The molecule has 4 aliphatic heterocycles. The zero-order valence-corrected chi connectivity index (χ0v) is 30.6. The van der Waals surface area contributed by atoms with Crippen molar-refractivity contribution in [2.24, 2.45) is 0 Å². The highest BCUT2D eigenvalue weighted by Crippen LogP contribution is 2.38. The Kier molecular flexibility index (Phi) is 10.1. The minimum absolute atomic E-state index is 0.00678. The predicted molar refractivity (Wildman–Crippen MR) is 202 cm³/mol. The monoisotopic (exact) mass is 751 g/mol. The van der Waals surface area contributed by atoms with Crippen LogP contribution in [0.3, 0.4) is 0 Å². The number of piperidine rings is 2. The number of hydrogen-bond donors (Lipinski definition) is 3. The fourth-order valence-corrected chi connectivity index (χ4v) is 8.86. The summed E-state index contributed by atoms with van der Waals surface area (Å²) in [6.07, 6.45) is 4.48. The number of anilines is 2. The fourth-order valence-electron chi connectivity index (χ4n) is 8.32. The van der Waals surface area contributed by atoms with Gasteiger partial charge in [0.15, 0.2) is 5.13 Å². The van der Waals surface area contributed by atoms with Crippen LogP contribution < -0.4 is 15.5 Å². The van der Waals surface area contributed by atoms with E-state index >= 15 is 0 Å². The smallest absolute Gasteiger partial charge is 0.255 e. The van der Waals surface area contributed by atoms with E-state index in [1.807, 2.05) is 30.3 Å². The molecule has 3 fully saturated rings. The molecular formula is C40H42FN7O5S. The number of carbonyl (C=O) groups excluding carboxylic acids is 4. The van der Waals surface area contributed by atoms with E-state index in [-0.39, 0.29) is 41.5 Å². The number of imide groups is 1. The van der Waals surface area contributed by atoms with E-state index in [1.54, 1.807) is 11.6 Å². The van der Waals surface area contributed by atoms with Crippen LogP contribution in [0.25, 0.3) is 0 Å². The molecule has 8 rings (SSSR count). The summed E-state index contributed by atoms with van der Waals surface area (Å²) < 4.78 is 14.4. The number of carbonyl (C=O) groups is 4. The van der Waals surface area contributed by atoms with Gasteiger partial charge >= 0.3 is 0 Å². The topological polar surface area (TPSA) is 138 Å². The lowest BCUT2D eigenvalue weighted by Crippen LogP contribution is -2.53. The molecule has 2 unspecified atom stereocenters. The van der Waals surface area contributed by atoms with Gasteiger partial charge in [0.1, 0.15) is 17.6 Å². The molecule has 5 heterocycles. The first-order valence-corrected chi connectivity index (χ1v) is 19.3. The minimum Gasteiger partial charge on any atom is -0.508 e. The maximum atomic E-state index is 14.4. The number of fused-ring (bicyclic) bond motifs is 1. The number of aromatic nitrogens is 1. The van der Waals surface area contributed by atoms with Crippen molar-refractivity contribution in [3.05, 3.63) is 106 Å². The largest absolute Gasteiger partial charge is 0.508 e. The second-order valence-corrected chi connectivity index (χ2v) is 15.4. The first kappa shape index (κ1) is 35.8. The van der Waals surface area contributed by atoms with Gasteiger partial charge in [0.25, 0.3) is 11.8 Å². The van der Waals surface area contributed by atoms with Crippen molar-refractivity contribution in [2.45, 2.75) is 56.8 Å². The summed E-state index contributed by atoms with van der Waals surface area (Å²) in [5, 5.41) is 17.9. The Hall–Kier alpha value is -5.18. The highest BCUT2D eigenvalue weighted by atomic mass is 32.1. The lowest BCUT2D eigenvalue weighted by Gasteiger charge is -2.43. The number of benzene rings is 3. The summed E-state index contributed by atoms with van der Waals surface area (Å²) in [5.41, 5.74) is 4.36. The first-order valence-electron chi connectivity index (χ1n) is 18.5. The van der Waals surface area contributed by atoms with Crippen LogP contribution in [0.15, 0.2) is 72.2 Å². The van der Waals surface area contributed by atoms with Crippen molar-refractivity contribution < 1.29 is 28.7 Å². The standard InChI is InChI=1S/C40H42FN7O5S/c41-28-5-8-34(49)33(21-28)36(38(52)44-40-42-12-19-54-40)48-24-27-4-6-30(22-32(27)39(48)53)46-13-10-29(11-14-46)47-17-15-45(16-18-47)23-25-2-1-3-26(20-25)31-7-9-35(50)43-37(31)51/h1-6,8,12,19-22,29,31,36,49H,7,9-11,13-18,23-24H2,(H,42,44,52)(H,43,50,51). The Labute approximate surface area is 316 Å². The van der Waals surface area contributed by atoms with Crippen LogP contribution in [0.4, 0.5) is 15.2 Å². The van der Waals surface area contributed by atoms with Crippen molar-refractivity contribution in [3.8, 4) is 5.75 Å². The summed E-state index contributed by atoms with van der Waals surface area (Å²) in [7, 11) is 0. The number of halogens is 1. The number of nitrogens with zero attached hydrogens (tertiary/aromatic N) is 5. The maximum Gasteiger partial charge on any atom is 0.255 e. The van der Waals surface area contributed by atoms with Crippen LogP contribution >= 0.6 is 11.3 Å². The summed E-state index contributed by atoms with van der Waals surface area (Å²) in [6.45, 7) is 6.56. The molecule has 1 aromatic heterocycles. The highest BCUT2D eigenvalue weighted by Gasteiger charge is 2.40. The van der Waals surface area contributed by atoms with E-state index in [0.717, 1.165) is 87.6 Å². The third-order valence-corrected chi connectivity index (χ3v) is 11.9. The molecule has 4 aromatic rings. The van der Waals surface area contributed by atoms with Crippen LogP contribution in [0.2, 0.25) is 0 Å². The number of rotatable bonds is 9. The van der Waals surface area contributed by atoms with Crippen LogP contribution in [0.1, 0.15) is 70.3 Å². The van der Waals surface area contributed by atoms with Gasteiger partial charge in [0.05, 0.1) is 5.92 Å². The normalized spacial score (nSPS) is 20.5. The average Bonchev–Trinajstić information content (AvgIpc) is 3.81. The molecule has 3 N–H and O–H groups in total. The zero-order chi connectivity index (χ0) is 37.3. The molecule has 0 spiro atoms. The molecule has 0 bridgehead atoms. The summed E-state index contributed by atoms with van der Waals surface area (Å²) in [4.78, 5) is 64.4. The highest BCUT2D eigenvalue weighted by molar-refractivity contribution is 7.13. The SMILES string of the molecule is O=C1CCC(c2cccc(CN3CCN(C4CCN(c5ccc6c(c5)C(=O)N(C(C(=O)Nc5nccs5)c5cc(F)ccc5O)C6)CC4)CC3)c2)C(=O)N1. The molecule has 0 saturated carbocycles. The van der Waals surface area contributed by atoms with Crippen molar-refractivity contribution >= 4 is 45.8 Å². The minimum atomic E-state index is -1.27. The van der Waals surface area contributed by atoms with Gasteiger partial charge in [-0.2, -0.15) is 0 Å². The second-order valence-electron chi connectivity index (χ2n) is 14.5. The van der Waals surface area contributed by atoms with E-state index in [0.29, 0.717) is 29.6 Å². The van der Waals surface area contributed by atoms with E-state index in [2.05, 4.69) is 42.5 Å². The molecular weight excluding hydrogens is 710 g/mol. The molecule has 0 aliphatic carbocycles. The van der Waals surface area contributed by atoms with Gasteiger partial charge in [0.2, 0.25) is 11.8 Å². The van der Waals surface area contributed by atoms with E-state index in [9.17, 15) is 28.7 Å². The van der Waals surface area contributed by atoms with E-state index in [1.165, 1.54) is 27.9 Å². The van der Waals surface area contributed by atoms with Crippen molar-refractivity contribution in [2.75, 3.05) is 49.5 Å². The molecule has 12 nitrogen and oxygen atoms in total.